The van der Waals surface area contributed by atoms with Gasteiger partial charge in [0, 0.05) is 18.7 Å². The highest BCUT2D eigenvalue weighted by molar-refractivity contribution is 9.10. The molecule has 1 amide bonds. The third-order valence-corrected chi connectivity index (χ3v) is 4.24. The zero-order chi connectivity index (χ0) is 14.6. The summed E-state index contributed by atoms with van der Waals surface area (Å²) in [5.41, 5.74) is 10.5. The number of halogens is 2. The van der Waals surface area contributed by atoms with Gasteiger partial charge in [0.25, 0.3) is 0 Å². The molecule has 0 fully saturated rings. The van der Waals surface area contributed by atoms with Gasteiger partial charge < -0.3 is 11.5 Å². The minimum absolute atomic E-state index is 0.0167. The molecule has 106 valence electrons. The summed E-state index contributed by atoms with van der Waals surface area (Å²) in [6.45, 7) is -0.0167. The summed E-state index contributed by atoms with van der Waals surface area (Å²) in [5, 5.41) is 0. The van der Waals surface area contributed by atoms with Crippen LogP contribution in [0.1, 0.15) is 12.8 Å². The van der Waals surface area contributed by atoms with Crippen molar-refractivity contribution in [3.05, 3.63) is 22.4 Å². The molecule has 1 aromatic carbocycles. The van der Waals surface area contributed by atoms with Crippen LogP contribution in [0.4, 0.5) is 10.1 Å². The minimum atomic E-state index is -4.02. The number of hydrogen-bond donors (Lipinski definition) is 3. The molecule has 9 heteroatoms. The first-order valence-electron chi connectivity index (χ1n) is 5.26. The van der Waals surface area contributed by atoms with Gasteiger partial charge in [0.2, 0.25) is 15.9 Å². The van der Waals surface area contributed by atoms with Crippen LogP contribution in [0.25, 0.3) is 0 Å². The van der Waals surface area contributed by atoms with Crippen LogP contribution in [0.2, 0.25) is 0 Å². The molecule has 0 radical (unpaired) electrons. The summed E-state index contributed by atoms with van der Waals surface area (Å²) in [6.07, 6.45) is 0.283. The predicted octanol–water partition coefficient (Wildman–Crippen LogP) is 0.714. The number of carbonyl (C=O) groups is 1. The summed E-state index contributed by atoms with van der Waals surface area (Å²) in [7, 11) is -4.02. The van der Waals surface area contributed by atoms with Crippen LogP contribution in [0.15, 0.2) is 21.5 Å². The molecule has 0 unspecified atom stereocenters. The van der Waals surface area contributed by atoms with Gasteiger partial charge in [-0.1, -0.05) is 0 Å². The Morgan fingerprint density at radius 2 is 2.05 bits per heavy atom. The number of hydrogen-bond acceptors (Lipinski definition) is 4. The fourth-order valence-electron chi connectivity index (χ4n) is 1.33. The van der Waals surface area contributed by atoms with E-state index in [2.05, 4.69) is 20.7 Å². The van der Waals surface area contributed by atoms with Crippen molar-refractivity contribution in [2.24, 2.45) is 5.73 Å². The Balaban J connectivity index is 2.86. The highest BCUT2D eigenvalue weighted by Crippen LogP contribution is 2.25. The second-order valence-electron chi connectivity index (χ2n) is 3.78. The van der Waals surface area contributed by atoms with Crippen LogP contribution in [0.5, 0.6) is 0 Å². The Morgan fingerprint density at radius 1 is 1.42 bits per heavy atom. The maximum absolute atomic E-state index is 13.7. The van der Waals surface area contributed by atoms with E-state index in [1.807, 2.05) is 0 Å². The molecule has 0 aromatic heterocycles. The van der Waals surface area contributed by atoms with E-state index in [0.717, 1.165) is 6.07 Å². The Kier molecular flexibility index (Phi) is 5.27. The average molecular weight is 354 g/mol. The van der Waals surface area contributed by atoms with E-state index in [0.29, 0.717) is 0 Å². The van der Waals surface area contributed by atoms with E-state index < -0.39 is 26.6 Å². The maximum Gasteiger partial charge on any atom is 0.243 e. The maximum atomic E-state index is 13.7. The molecule has 0 aliphatic carbocycles. The number of nitrogen functional groups attached to an aromatic ring is 1. The average Bonchev–Trinajstić information content (AvgIpc) is 2.29. The predicted molar refractivity (Wildman–Crippen MR) is 72.1 cm³/mol. The molecule has 0 saturated heterocycles. The number of anilines is 1. The van der Waals surface area contributed by atoms with Crippen molar-refractivity contribution < 1.29 is 17.6 Å². The molecule has 0 aliphatic heterocycles. The summed E-state index contributed by atoms with van der Waals surface area (Å²) in [6, 6.07) is 2.29. The lowest BCUT2D eigenvalue weighted by atomic mass is 10.3. The molecule has 0 spiro atoms. The minimum Gasteiger partial charge on any atom is -0.399 e. The molecule has 0 heterocycles. The molecule has 0 saturated carbocycles. The van der Waals surface area contributed by atoms with E-state index in [4.69, 9.17) is 11.5 Å². The molecule has 1 aromatic rings. The summed E-state index contributed by atoms with van der Waals surface area (Å²) >= 11 is 2.88. The van der Waals surface area contributed by atoms with Crippen molar-refractivity contribution in [3.63, 3.8) is 0 Å². The molecule has 1 rings (SSSR count). The Morgan fingerprint density at radius 3 is 2.63 bits per heavy atom. The fraction of sp³-hybridized carbons (Fsp3) is 0.300. The molecular formula is C10H13BrFN3O3S. The zero-order valence-corrected chi connectivity index (χ0v) is 12.2. The molecule has 5 N–H and O–H groups in total. The van der Waals surface area contributed by atoms with Crippen LogP contribution in [0.3, 0.4) is 0 Å². The first-order chi connectivity index (χ1) is 8.74. The van der Waals surface area contributed by atoms with Crippen LogP contribution in [0, 0.1) is 5.82 Å². The third-order valence-electron chi connectivity index (χ3n) is 2.20. The number of primary amides is 1. The first kappa shape index (κ1) is 15.9. The molecule has 0 bridgehead atoms. The van der Waals surface area contributed by atoms with Crippen LogP contribution in [-0.2, 0) is 14.8 Å². The SMILES string of the molecule is NC(=O)CCCNS(=O)(=O)c1cc(N)cc(Br)c1F. The fourth-order valence-corrected chi connectivity index (χ4v) is 3.14. The van der Waals surface area contributed by atoms with Gasteiger partial charge in [-0.05, 0) is 34.5 Å². The summed E-state index contributed by atoms with van der Waals surface area (Å²) in [5.74, 6) is -1.45. The van der Waals surface area contributed by atoms with Gasteiger partial charge in [0.05, 0.1) is 4.47 Å². The van der Waals surface area contributed by atoms with Crippen LogP contribution >= 0.6 is 15.9 Å². The van der Waals surface area contributed by atoms with Crippen molar-refractivity contribution in [3.8, 4) is 0 Å². The Hall–Kier alpha value is -1.19. The van der Waals surface area contributed by atoms with Gasteiger partial charge in [0.15, 0.2) is 5.82 Å². The largest absolute Gasteiger partial charge is 0.399 e. The van der Waals surface area contributed by atoms with E-state index in [9.17, 15) is 17.6 Å². The number of nitrogens with two attached hydrogens (primary N) is 2. The monoisotopic (exact) mass is 353 g/mol. The van der Waals surface area contributed by atoms with Gasteiger partial charge in [-0.3, -0.25) is 4.79 Å². The lowest BCUT2D eigenvalue weighted by molar-refractivity contribution is -0.118. The Labute approximate surface area is 118 Å². The smallest absolute Gasteiger partial charge is 0.243 e. The van der Waals surface area contributed by atoms with Crippen molar-refractivity contribution in [2.75, 3.05) is 12.3 Å². The Bertz CT molecular complexity index is 592. The van der Waals surface area contributed by atoms with Crippen molar-refractivity contribution in [1.29, 1.82) is 0 Å². The number of benzene rings is 1. The first-order valence-corrected chi connectivity index (χ1v) is 7.54. The van der Waals surface area contributed by atoms with Gasteiger partial charge in [-0.2, -0.15) is 0 Å². The summed E-state index contributed by atoms with van der Waals surface area (Å²) in [4.78, 5) is 9.96. The third kappa shape index (κ3) is 4.44. The topological polar surface area (TPSA) is 115 Å². The molecule has 19 heavy (non-hydrogen) atoms. The lowest BCUT2D eigenvalue weighted by Crippen LogP contribution is -2.27. The van der Waals surface area contributed by atoms with E-state index >= 15 is 0 Å². The number of rotatable bonds is 6. The normalized spacial score (nSPS) is 11.5. The number of amides is 1. The highest BCUT2D eigenvalue weighted by atomic mass is 79.9. The van der Waals surface area contributed by atoms with Crippen LogP contribution in [-0.4, -0.2) is 20.9 Å². The van der Waals surface area contributed by atoms with Crippen molar-refractivity contribution in [2.45, 2.75) is 17.7 Å². The van der Waals surface area contributed by atoms with Crippen molar-refractivity contribution >= 4 is 37.5 Å². The molecule has 0 aliphatic rings. The van der Waals surface area contributed by atoms with Crippen molar-refractivity contribution in [1.82, 2.24) is 4.72 Å². The number of sulfonamides is 1. The van der Waals surface area contributed by atoms with Gasteiger partial charge in [-0.15, -0.1) is 0 Å². The van der Waals surface area contributed by atoms with Crippen LogP contribution < -0.4 is 16.2 Å². The summed E-state index contributed by atoms with van der Waals surface area (Å²) < 4.78 is 39.6. The standard InChI is InChI=1S/C10H13BrFN3O3S/c11-7-4-6(13)5-8(10(7)12)19(17,18)15-3-1-2-9(14)16/h4-5,15H,1-3,13H2,(H2,14,16). The molecular weight excluding hydrogens is 341 g/mol. The highest BCUT2D eigenvalue weighted by Gasteiger charge is 2.21. The number of nitrogens with one attached hydrogen (secondary N) is 1. The van der Waals surface area contributed by atoms with E-state index in [1.165, 1.54) is 6.07 Å². The second-order valence-corrected chi connectivity index (χ2v) is 6.37. The molecule has 0 atom stereocenters. The zero-order valence-electron chi connectivity index (χ0n) is 9.82. The quantitative estimate of drug-likeness (QED) is 0.516. The van der Waals surface area contributed by atoms with E-state index in [1.54, 1.807) is 0 Å². The van der Waals surface area contributed by atoms with Gasteiger partial charge in [-0.25, -0.2) is 17.5 Å². The lowest BCUT2D eigenvalue weighted by Gasteiger charge is -2.09. The molecule has 6 nitrogen and oxygen atoms in total. The second kappa shape index (κ2) is 6.31. The van der Waals surface area contributed by atoms with E-state index in [-0.39, 0.29) is 29.5 Å². The van der Waals surface area contributed by atoms with Gasteiger partial charge in [0.1, 0.15) is 4.90 Å². The number of carbonyl (C=O) groups excluding carboxylic acids is 1. The van der Waals surface area contributed by atoms with Gasteiger partial charge >= 0.3 is 0 Å².